The lowest BCUT2D eigenvalue weighted by Crippen LogP contribution is -2.36. The Labute approximate surface area is 142 Å². The van der Waals surface area contributed by atoms with Crippen LogP contribution in [0.3, 0.4) is 0 Å². The number of H-pyrrole nitrogens is 1. The van der Waals surface area contributed by atoms with Crippen molar-refractivity contribution in [3.8, 4) is 0 Å². The van der Waals surface area contributed by atoms with Crippen LogP contribution < -0.4 is 5.32 Å². The molecule has 2 aromatic rings. The fraction of sp³-hybridized carbons (Fsp3) is 0.474. The van der Waals surface area contributed by atoms with Gasteiger partial charge in [0.25, 0.3) is 0 Å². The number of amides is 2. The highest BCUT2D eigenvalue weighted by Gasteiger charge is 2.18. The van der Waals surface area contributed by atoms with E-state index in [9.17, 15) is 9.59 Å². The van der Waals surface area contributed by atoms with Crippen LogP contribution in [0.5, 0.6) is 0 Å². The minimum atomic E-state index is -0.177. The first kappa shape index (κ1) is 16.6. The molecule has 0 aliphatic carbocycles. The molecule has 5 heteroatoms. The number of fused-ring (bicyclic) bond motifs is 1. The summed E-state index contributed by atoms with van der Waals surface area (Å²) in [6, 6.07) is 8.13. The quantitative estimate of drug-likeness (QED) is 0.829. The fourth-order valence-electron chi connectivity index (χ4n) is 3.31. The zero-order chi connectivity index (χ0) is 16.8. The number of carbonyl (C=O) groups is 2. The predicted molar refractivity (Wildman–Crippen MR) is 94.7 cm³/mol. The zero-order valence-electron chi connectivity index (χ0n) is 14.0. The maximum Gasteiger partial charge on any atom is 0.232 e. The average molecular weight is 327 g/mol. The van der Waals surface area contributed by atoms with Gasteiger partial charge < -0.3 is 15.2 Å². The van der Waals surface area contributed by atoms with Crippen LogP contribution in [0.1, 0.15) is 37.7 Å². The number of hydrogen-bond donors (Lipinski definition) is 2. The zero-order valence-corrected chi connectivity index (χ0v) is 14.0. The third-order valence-electron chi connectivity index (χ3n) is 4.66. The van der Waals surface area contributed by atoms with E-state index in [2.05, 4.69) is 16.4 Å². The molecule has 1 fully saturated rings. The van der Waals surface area contributed by atoms with Gasteiger partial charge in [-0.05, 0) is 30.9 Å². The molecular formula is C19H25N3O2. The van der Waals surface area contributed by atoms with Crippen molar-refractivity contribution in [1.82, 2.24) is 15.2 Å². The van der Waals surface area contributed by atoms with Crippen molar-refractivity contribution in [2.24, 2.45) is 0 Å². The van der Waals surface area contributed by atoms with E-state index in [1.165, 1.54) is 23.8 Å². The van der Waals surface area contributed by atoms with Gasteiger partial charge in [0.05, 0.1) is 0 Å². The molecule has 0 bridgehead atoms. The molecule has 1 aliphatic rings. The van der Waals surface area contributed by atoms with Crippen LogP contribution in [-0.2, 0) is 16.0 Å². The van der Waals surface area contributed by atoms with Gasteiger partial charge in [0.2, 0.25) is 11.8 Å². The Morgan fingerprint density at radius 1 is 1.08 bits per heavy atom. The third kappa shape index (κ3) is 4.16. The molecule has 1 saturated heterocycles. The minimum Gasteiger partial charge on any atom is -0.361 e. The number of rotatable bonds is 5. The summed E-state index contributed by atoms with van der Waals surface area (Å²) >= 11 is 0. The Kier molecular flexibility index (Phi) is 5.51. The van der Waals surface area contributed by atoms with Crippen molar-refractivity contribution in [2.75, 3.05) is 19.6 Å². The number of nitrogens with one attached hydrogen (secondary N) is 2. The Balaban J connectivity index is 1.44. The van der Waals surface area contributed by atoms with Crippen LogP contribution in [0, 0.1) is 0 Å². The molecule has 1 aromatic heterocycles. The van der Waals surface area contributed by atoms with Crippen LogP contribution in [0.15, 0.2) is 30.5 Å². The number of carbonyl (C=O) groups excluding carboxylic acids is 2. The molecule has 2 amide bonds. The Morgan fingerprint density at radius 3 is 2.62 bits per heavy atom. The number of aromatic nitrogens is 1. The molecule has 0 radical (unpaired) electrons. The summed E-state index contributed by atoms with van der Waals surface area (Å²) in [4.78, 5) is 29.3. The molecule has 5 nitrogen and oxygen atoms in total. The first-order chi connectivity index (χ1) is 11.7. The molecule has 1 aromatic carbocycles. The molecule has 0 saturated carbocycles. The predicted octanol–water partition coefficient (Wildman–Crippen LogP) is 2.62. The molecule has 0 spiro atoms. The van der Waals surface area contributed by atoms with E-state index in [0.29, 0.717) is 6.54 Å². The van der Waals surface area contributed by atoms with Gasteiger partial charge in [-0.3, -0.25) is 9.59 Å². The van der Waals surface area contributed by atoms with Crippen molar-refractivity contribution in [3.05, 3.63) is 36.0 Å². The second-order valence-corrected chi connectivity index (χ2v) is 6.43. The van der Waals surface area contributed by atoms with Crippen molar-refractivity contribution >= 4 is 22.7 Å². The van der Waals surface area contributed by atoms with Gasteiger partial charge in [0.15, 0.2) is 0 Å². The smallest absolute Gasteiger partial charge is 0.232 e. The van der Waals surface area contributed by atoms with Crippen molar-refractivity contribution in [1.29, 1.82) is 0 Å². The molecule has 24 heavy (non-hydrogen) atoms. The van der Waals surface area contributed by atoms with E-state index in [0.717, 1.165) is 37.9 Å². The number of nitrogens with zero attached hydrogens (tertiary/aromatic N) is 1. The average Bonchev–Trinajstić information content (AvgIpc) is 2.81. The lowest BCUT2D eigenvalue weighted by atomic mass is 10.1. The summed E-state index contributed by atoms with van der Waals surface area (Å²) in [5.41, 5.74) is 2.29. The van der Waals surface area contributed by atoms with E-state index in [1.807, 2.05) is 29.3 Å². The van der Waals surface area contributed by atoms with Gasteiger partial charge in [0.1, 0.15) is 6.42 Å². The molecule has 3 rings (SSSR count). The standard InChI is InChI=1S/C19H25N3O2/c23-18(13-19(24)22-11-5-1-2-6-12-22)20-10-9-15-14-21-17-8-4-3-7-16(15)17/h3-4,7-8,14,21H,1-2,5-6,9-13H2,(H,20,23). The van der Waals surface area contributed by atoms with Gasteiger partial charge in [-0.15, -0.1) is 0 Å². The largest absolute Gasteiger partial charge is 0.361 e. The minimum absolute atomic E-state index is 0.0338. The maximum absolute atomic E-state index is 12.2. The van der Waals surface area contributed by atoms with Gasteiger partial charge in [-0.2, -0.15) is 0 Å². The first-order valence-corrected chi connectivity index (χ1v) is 8.83. The van der Waals surface area contributed by atoms with Gasteiger partial charge in [-0.1, -0.05) is 31.0 Å². The summed E-state index contributed by atoms with van der Waals surface area (Å²) in [7, 11) is 0. The monoisotopic (exact) mass is 327 g/mol. The van der Waals surface area contributed by atoms with E-state index in [4.69, 9.17) is 0 Å². The topological polar surface area (TPSA) is 65.2 Å². The summed E-state index contributed by atoms with van der Waals surface area (Å²) in [6.07, 6.45) is 7.17. The number of likely N-dealkylation sites (tertiary alicyclic amines) is 1. The highest BCUT2D eigenvalue weighted by atomic mass is 16.2. The van der Waals surface area contributed by atoms with Crippen molar-refractivity contribution in [2.45, 2.75) is 38.5 Å². The maximum atomic E-state index is 12.2. The van der Waals surface area contributed by atoms with Gasteiger partial charge >= 0.3 is 0 Å². The second kappa shape index (κ2) is 7.99. The molecule has 128 valence electrons. The van der Waals surface area contributed by atoms with E-state index < -0.39 is 0 Å². The summed E-state index contributed by atoms with van der Waals surface area (Å²) in [6.45, 7) is 2.14. The fourth-order valence-corrected chi connectivity index (χ4v) is 3.31. The lowest BCUT2D eigenvalue weighted by Gasteiger charge is -2.19. The second-order valence-electron chi connectivity index (χ2n) is 6.43. The van der Waals surface area contributed by atoms with Gasteiger partial charge in [-0.25, -0.2) is 0 Å². The molecule has 2 N–H and O–H groups in total. The van der Waals surface area contributed by atoms with E-state index >= 15 is 0 Å². The highest BCUT2D eigenvalue weighted by Crippen LogP contribution is 2.17. The van der Waals surface area contributed by atoms with Crippen LogP contribution >= 0.6 is 0 Å². The van der Waals surface area contributed by atoms with Crippen molar-refractivity contribution < 1.29 is 9.59 Å². The van der Waals surface area contributed by atoms with Crippen LogP contribution in [0.25, 0.3) is 10.9 Å². The Hall–Kier alpha value is -2.30. The van der Waals surface area contributed by atoms with Crippen LogP contribution in [-0.4, -0.2) is 41.3 Å². The molecule has 0 atom stereocenters. The summed E-state index contributed by atoms with van der Waals surface area (Å²) in [5, 5.41) is 4.06. The third-order valence-corrected chi connectivity index (χ3v) is 4.66. The summed E-state index contributed by atoms with van der Waals surface area (Å²) in [5.74, 6) is -0.217. The number of aromatic amines is 1. The van der Waals surface area contributed by atoms with E-state index in [1.54, 1.807) is 0 Å². The molecule has 2 heterocycles. The molecular weight excluding hydrogens is 302 g/mol. The lowest BCUT2D eigenvalue weighted by molar-refractivity contribution is -0.136. The number of para-hydroxylation sites is 1. The SMILES string of the molecule is O=C(CC(=O)N1CCCCCC1)NCCc1c[nH]c2ccccc12. The Bertz CT molecular complexity index is 699. The number of benzene rings is 1. The highest BCUT2D eigenvalue weighted by molar-refractivity contribution is 5.96. The summed E-state index contributed by atoms with van der Waals surface area (Å²) < 4.78 is 0. The van der Waals surface area contributed by atoms with E-state index in [-0.39, 0.29) is 18.2 Å². The van der Waals surface area contributed by atoms with Crippen molar-refractivity contribution in [3.63, 3.8) is 0 Å². The van der Waals surface area contributed by atoms with Gasteiger partial charge in [0, 0.05) is 36.7 Å². The Morgan fingerprint density at radius 2 is 1.83 bits per heavy atom. The molecule has 1 aliphatic heterocycles. The van der Waals surface area contributed by atoms with Crippen LogP contribution in [0.2, 0.25) is 0 Å². The molecule has 0 unspecified atom stereocenters. The normalized spacial score (nSPS) is 15.2. The number of hydrogen-bond acceptors (Lipinski definition) is 2. The first-order valence-electron chi connectivity index (χ1n) is 8.83. The van der Waals surface area contributed by atoms with Crippen LogP contribution in [0.4, 0.5) is 0 Å².